The minimum absolute atomic E-state index is 0.0342. The van der Waals surface area contributed by atoms with E-state index in [-0.39, 0.29) is 25.1 Å². The number of methoxy groups -OCH3 is 1. The normalized spacial score (nSPS) is 38.9. The van der Waals surface area contributed by atoms with Crippen LogP contribution in [-0.4, -0.2) is 42.8 Å². The molecular formula is C16H22O5. The van der Waals surface area contributed by atoms with E-state index >= 15 is 0 Å². The predicted octanol–water partition coefficient (Wildman–Crippen LogP) is 2.11. The molecule has 0 radical (unpaired) electrons. The number of hydrogen-bond acceptors (Lipinski definition) is 5. The van der Waals surface area contributed by atoms with Crippen molar-refractivity contribution in [3.63, 3.8) is 0 Å². The lowest BCUT2D eigenvalue weighted by atomic mass is 9.77. The average Bonchev–Trinajstić information content (AvgIpc) is 2.91. The number of Topliss-reactive ketones (excluding diaryl/α,β-unsaturated/α-hetero) is 1. The van der Waals surface area contributed by atoms with Crippen molar-refractivity contribution in [2.75, 3.05) is 13.9 Å². The molecule has 3 rings (SSSR count). The van der Waals surface area contributed by atoms with Gasteiger partial charge in [0.2, 0.25) is 5.79 Å². The molecule has 2 heterocycles. The molecule has 0 saturated carbocycles. The zero-order valence-corrected chi connectivity index (χ0v) is 12.8. The lowest BCUT2D eigenvalue weighted by Gasteiger charge is -2.37. The van der Waals surface area contributed by atoms with Gasteiger partial charge < -0.3 is 18.9 Å². The highest BCUT2D eigenvalue weighted by Crippen LogP contribution is 2.55. The van der Waals surface area contributed by atoms with Crippen LogP contribution in [0.4, 0.5) is 0 Å². The van der Waals surface area contributed by atoms with Gasteiger partial charge in [0.05, 0.1) is 18.1 Å². The molecule has 2 fully saturated rings. The first kappa shape index (κ1) is 14.9. The average molecular weight is 294 g/mol. The van der Waals surface area contributed by atoms with Gasteiger partial charge in [-0.2, -0.15) is 0 Å². The van der Waals surface area contributed by atoms with Crippen molar-refractivity contribution in [2.24, 2.45) is 0 Å². The first-order valence-corrected chi connectivity index (χ1v) is 7.25. The summed E-state index contributed by atoms with van der Waals surface area (Å²) in [6.45, 7) is 7.78. The molecule has 3 aliphatic rings. The molecule has 0 bridgehead atoms. The summed E-state index contributed by atoms with van der Waals surface area (Å²) in [5.74, 6) is -0.971. The molecule has 0 spiro atoms. The van der Waals surface area contributed by atoms with Gasteiger partial charge in [0.15, 0.2) is 12.6 Å². The largest absolute Gasteiger partial charge is 0.376 e. The first-order chi connectivity index (χ1) is 9.88. The molecule has 0 N–H and O–H groups in total. The maximum atomic E-state index is 12.3. The van der Waals surface area contributed by atoms with Gasteiger partial charge in [-0.3, -0.25) is 4.79 Å². The van der Waals surface area contributed by atoms with Crippen molar-refractivity contribution in [3.8, 4) is 0 Å². The Morgan fingerprint density at radius 1 is 1.52 bits per heavy atom. The van der Waals surface area contributed by atoms with Crippen LogP contribution in [0, 0.1) is 0 Å². The quantitative estimate of drug-likeness (QED) is 0.743. The van der Waals surface area contributed by atoms with Gasteiger partial charge >= 0.3 is 0 Å². The predicted molar refractivity (Wildman–Crippen MR) is 75.6 cm³/mol. The Balaban J connectivity index is 1.99. The second-order valence-corrected chi connectivity index (χ2v) is 6.43. The summed E-state index contributed by atoms with van der Waals surface area (Å²) >= 11 is 0. The van der Waals surface area contributed by atoms with Crippen LogP contribution in [0.1, 0.15) is 33.1 Å². The number of rotatable bonds is 4. The van der Waals surface area contributed by atoms with Crippen LogP contribution < -0.4 is 0 Å². The number of allylic oxidation sites excluding steroid dienone is 2. The molecule has 0 unspecified atom stereocenters. The van der Waals surface area contributed by atoms with E-state index in [2.05, 4.69) is 6.58 Å². The summed E-state index contributed by atoms with van der Waals surface area (Å²) in [7, 11) is 1.66. The summed E-state index contributed by atoms with van der Waals surface area (Å²) in [6.07, 6.45) is 4.76. The van der Waals surface area contributed by atoms with E-state index < -0.39 is 17.0 Å². The third kappa shape index (κ3) is 2.03. The van der Waals surface area contributed by atoms with Crippen LogP contribution in [0.2, 0.25) is 0 Å². The Bertz CT molecular complexity index is 509. The van der Waals surface area contributed by atoms with Gasteiger partial charge in [-0.05, 0) is 31.9 Å². The Kier molecular flexibility index (Phi) is 3.37. The van der Waals surface area contributed by atoms with Crippen LogP contribution in [0.3, 0.4) is 0 Å². The standard InChI is InChI=1S/C16H22O5/c1-5-6-11-7-15-9-13(14(2,3)18-4)21-16(15,8-12(11)17)20-10-19-15/h5,7,13H,1,6,8-10H2,2-4H3/t13-,15-,16+/m1/s1. The van der Waals surface area contributed by atoms with Gasteiger partial charge in [0.25, 0.3) is 0 Å². The molecule has 0 aromatic carbocycles. The molecule has 5 heteroatoms. The minimum Gasteiger partial charge on any atom is -0.376 e. The molecule has 0 aromatic rings. The second-order valence-electron chi connectivity index (χ2n) is 6.43. The van der Waals surface area contributed by atoms with Crippen molar-refractivity contribution < 1.29 is 23.7 Å². The lowest BCUT2D eigenvalue weighted by Crippen LogP contribution is -2.51. The molecule has 2 saturated heterocycles. The van der Waals surface area contributed by atoms with Crippen molar-refractivity contribution in [3.05, 3.63) is 24.3 Å². The van der Waals surface area contributed by atoms with Gasteiger partial charge in [0, 0.05) is 13.5 Å². The minimum atomic E-state index is -1.00. The topological polar surface area (TPSA) is 54.0 Å². The van der Waals surface area contributed by atoms with E-state index in [0.29, 0.717) is 12.8 Å². The third-order valence-corrected chi connectivity index (χ3v) is 4.90. The van der Waals surface area contributed by atoms with Crippen LogP contribution in [0.15, 0.2) is 24.3 Å². The lowest BCUT2D eigenvalue weighted by molar-refractivity contribution is -0.241. The summed E-state index contributed by atoms with van der Waals surface area (Å²) in [5, 5.41) is 0. The second kappa shape index (κ2) is 4.74. The number of carbonyl (C=O) groups excluding carboxylic acids is 1. The number of carbonyl (C=O) groups is 1. The number of hydrogen-bond donors (Lipinski definition) is 0. The molecule has 116 valence electrons. The number of ketones is 1. The highest BCUT2D eigenvalue weighted by Gasteiger charge is 2.69. The highest BCUT2D eigenvalue weighted by molar-refractivity contribution is 5.97. The summed E-state index contributed by atoms with van der Waals surface area (Å²) in [4.78, 5) is 12.3. The fourth-order valence-corrected chi connectivity index (χ4v) is 3.34. The zero-order valence-electron chi connectivity index (χ0n) is 12.8. The van der Waals surface area contributed by atoms with Gasteiger partial charge in [-0.25, -0.2) is 0 Å². The molecular weight excluding hydrogens is 272 g/mol. The van der Waals surface area contributed by atoms with Crippen LogP contribution in [-0.2, 0) is 23.7 Å². The molecule has 2 aliphatic heterocycles. The van der Waals surface area contributed by atoms with E-state index in [0.717, 1.165) is 5.57 Å². The zero-order chi connectivity index (χ0) is 15.3. The fraction of sp³-hybridized carbons (Fsp3) is 0.688. The smallest absolute Gasteiger partial charge is 0.211 e. The van der Waals surface area contributed by atoms with E-state index in [1.807, 2.05) is 19.9 Å². The summed E-state index contributed by atoms with van der Waals surface area (Å²) < 4.78 is 23.3. The third-order valence-electron chi connectivity index (χ3n) is 4.90. The number of ether oxygens (including phenoxy) is 4. The molecule has 5 nitrogen and oxygen atoms in total. The molecule has 0 aromatic heterocycles. The first-order valence-electron chi connectivity index (χ1n) is 7.25. The van der Waals surface area contributed by atoms with Crippen LogP contribution >= 0.6 is 0 Å². The Labute approximate surface area is 124 Å². The maximum absolute atomic E-state index is 12.3. The van der Waals surface area contributed by atoms with Gasteiger partial charge in [-0.1, -0.05) is 6.08 Å². The monoisotopic (exact) mass is 294 g/mol. The SMILES string of the molecule is C=CCC1=C[C@@]23C[C@H](C(C)(C)OC)O[C@]2(CC1=O)OCO3. The van der Waals surface area contributed by atoms with Crippen molar-refractivity contribution in [1.29, 1.82) is 0 Å². The molecule has 21 heavy (non-hydrogen) atoms. The van der Waals surface area contributed by atoms with Crippen LogP contribution in [0.5, 0.6) is 0 Å². The van der Waals surface area contributed by atoms with E-state index in [1.165, 1.54) is 0 Å². The van der Waals surface area contributed by atoms with Crippen molar-refractivity contribution >= 4 is 5.78 Å². The Hall–Kier alpha value is -1.01. The fourth-order valence-electron chi connectivity index (χ4n) is 3.34. The van der Waals surface area contributed by atoms with Crippen LogP contribution in [0.25, 0.3) is 0 Å². The maximum Gasteiger partial charge on any atom is 0.211 e. The highest BCUT2D eigenvalue weighted by atomic mass is 16.8. The van der Waals surface area contributed by atoms with E-state index in [1.54, 1.807) is 13.2 Å². The Morgan fingerprint density at radius 2 is 2.29 bits per heavy atom. The molecule has 3 atom stereocenters. The van der Waals surface area contributed by atoms with Crippen molar-refractivity contribution in [1.82, 2.24) is 0 Å². The van der Waals surface area contributed by atoms with E-state index in [4.69, 9.17) is 18.9 Å². The summed E-state index contributed by atoms with van der Waals surface area (Å²) in [5.41, 5.74) is -0.443. The molecule has 0 amide bonds. The summed E-state index contributed by atoms with van der Waals surface area (Å²) in [6, 6.07) is 0. The molecule has 1 aliphatic carbocycles. The van der Waals surface area contributed by atoms with Gasteiger partial charge in [0.1, 0.15) is 5.60 Å². The van der Waals surface area contributed by atoms with Gasteiger partial charge in [-0.15, -0.1) is 6.58 Å². The van der Waals surface area contributed by atoms with E-state index in [9.17, 15) is 4.79 Å². The Morgan fingerprint density at radius 3 is 2.95 bits per heavy atom. The van der Waals surface area contributed by atoms with Crippen molar-refractivity contribution in [2.45, 2.75) is 56.2 Å².